The van der Waals surface area contributed by atoms with Crippen molar-refractivity contribution in [2.24, 2.45) is 0 Å². The molecule has 0 unspecified atom stereocenters. The maximum absolute atomic E-state index is 12.1. The van der Waals surface area contributed by atoms with E-state index in [2.05, 4.69) is 36.4 Å². The third-order valence-electron chi connectivity index (χ3n) is 3.59. The number of amides is 1. The lowest BCUT2D eigenvalue weighted by Crippen LogP contribution is -2.20. The fourth-order valence-corrected chi connectivity index (χ4v) is 4.12. The van der Waals surface area contributed by atoms with Gasteiger partial charge in [0, 0.05) is 4.47 Å². The van der Waals surface area contributed by atoms with Crippen LogP contribution in [0.25, 0.3) is 21.5 Å². The maximum Gasteiger partial charge on any atom is 0.270 e. The summed E-state index contributed by atoms with van der Waals surface area (Å²) in [4.78, 5) is 22.6. The minimum Gasteiger partial charge on any atom is -0.484 e. The SMILES string of the molecule is Cc1nc(NC(=O)COc2ccc(Br)cc2)sc1-c1nc(-c2cccs2)no1. The van der Waals surface area contributed by atoms with E-state index < -0.39 is 0 Å². The van der Waals surface area contributed by atoms with E-state index in [1.165, 1.54) is 22.7 Å². The molecular formula is C18H13BrN4O3S2. The summed E-state index contributed by atoms with van der Waals surface area (Å²) in [6.07, 6.45) is 0. The van der Waals surface area contributed by atoms with Gasteiger partial charge in [0.1, 0.15) is 10.6 Å². The fraction of sp³-hybridized carbons (Fsp3) is 0.111. The zero-order chi connectivity index (χ0) is 19.5. The molecule has 10 heteroatoms. The van der Waals surface area contributed by atoms with Gasteiger partial charge in [-0.25, -0.2) is 4.98 Å². The van der Waals surface area contributed by atoms with Crippen LogP contribution in [0.4, 0.5) is 5.13 Å². The number of anilines is 1. The summed E-state index contributed by atoms with van der Waals surface area (Å²) in [6, 6.07) is 11.1. The number of aromatic nitrogens is 3. The highest BCUT2D eigenvalue weighted by Gasteiger charge is 2.18. The van der Waals surface area contributed by atoms with Gasteiger partial charge in [-0.05, 0) is 42.6 Å². The lowest BCUT2D eigenvalue weighted by Gasteiger charge is -2.05. The summed E-state index contributed by atoms with van der Waals surface area (Å²) < 4.78 is 11.8. The van der Waals surface area contributed by atoms with Crippen LogP contribution < -0.4 is 10.1 Å². The Morgan fingerprint density at radius 1 is 1.25 bits per heavy atom. The van der Waals surface area contributed by atoms with Gasteiger partial charge in [-0.15, -0.1) is 11.3 Å². The first kappa shape index (κ1) is 18.8. The lowest BCUT2D eigenvalue weighted by molar-refractivity contribution is -0.118. The minimum atomic E-state index is -0.298. The van der Waals surface area contributed by atoms with Crippen molar-refractivity contribution in [2.75, 3.05) is 11.9 Å². The molecule has 4 aromatic rings. The van der Waals surface area contributed by atoms with Crippen molar-refractivity contribution in [1.29, 1.82) is 0 Å². The minimum absolute atomic E-state index is 0.112. The molecule has 3 aromatic heterocycles. The largest absolute Gasteiger partial charge is 0.484 e. The predicted molar refractivity (Wildman–Crippen MR) is 112 cm³/mol. The van der Waals surface area contributed by atoms with Crippen LogP contribution in [0.3, 0.4) is 0 Å². The summed E-state index contributed by atoms with van der Waals surface area (Å²) in [7, 11) is 0. The molecule has 142 valence electrons. The number of thiophene rings is 1. The number of carbonyl (C=O) groups is 1. The summed E-state index contributed by atoms with van der Waals surface area (Å²) in [6.45, 7) is 1.72. The number of nitrogens with zero attached hydrogens (tertiary/aromatic N) is 3. The zero-order valence-electron chi connectivity index (χ0n) is 14.5. The molecule has 28 heavy (non-hydrogen) atoms. The molecule has 0 aliphatic heterocycles. The van der Waals surface area contributed by atoms with Gasteiger partial charge in [-0.3, -0.25) is 10.1 Å². The predicted octanol–water partition coefficient (Wildman–Crippen LogP) is 5.01. The van der Waals surface area contributed by atoms with Crippen molar-refractivity contribution in [3.63, 3.8) is 0 Å². The van der Waals surface area contributed by atoms with Crippen LogP contribution in [0.1, 0.15) is 5.69 Å². The number of hydrogen-bond acceptors (Lipinski definition) is 8. The molecule has 4 rings (SSSR count). The average molecular weight is 477 g/mol. The molecule has 0 aliphatic rings. The normalized spacial score (nSPS) is 10.8. The molecule has 1 N–H and O–H groups in total. The standard InChI is InChI=1S/C18H13BrN4O3S2/c1-10-15(17-22-16(23-26-17)13-3-2-8-27-13)28-18(20-10)21-14(24)9-25-12-6-4-11(19)5-7-12/h2-8H,9H2,1H3,(H,20,21,24). The maximum atomic E-state index is 12.1. The van der Waals surface area contributed by atoms with Crippen molar-refractivity contribution < 1.29 is 14.1 Å². The first-order valence-electron chi connectivity index (χ1n) is 8.12. The second-order valence-electron chi connectivity index (χ2n) is 5.62. The number of carbonyl (C=O) groups excluding carboxylic acids is 1. The van der Waals surface area contributed by atoms with Crippen LogP contribution in [0, 0.1) is 6.92 Å². The molecule has 0 atom stereocenters. The molecule has 0 fully saturated rings. The summed E-state index contributed by atoms with van der Waals surface area (Å²) in [5.41, 5.74) is 0.704. The van der Waals surface area contributed by atoms with E-state index in [0.29, 0.717) is 28.3 Å². The molecule has 7 nitrogen and oxygen atoms in total. The second-order valence-corrected chi connectivity index (χ2v) is 8.49. The first-order chi connectivity index (χ1) is 13.6. The molecule has 3 heterocycles. The Kier molecular flexibility index (Phi) is 5.51. The second kappa shape index (κ2) is 8.21. The Hall–Kier alpha value is -2.56. The van der Waals surface area contributed by atoms with Crippen molar-refractivity contribution >= 4 is 49.6 Å². The van der Waals surface area contributed by atoms with E-state index in [-0.39, 0.29) is 12.5 Å². The van der Waals surface area contributed by atoms with Crippen LogP contribution in [-0.4, -0.2) is 27.6 Å². The first-order valence-corrected chi connectivity index (χ1v) is 10.6. The molecule has 0 aliphatic carbocycles. The number of nitrogens with one attached hydrogen (secondary N) is 1. The number of hydrogen-bond donors (Lipinski definition) is 1. The van der Waals surface area contributed by atoms with Crippen LogP contribution >= 0.6 is 38.6 Å². The molecule has 0 saturated carbocycles. The van der Waals surface area contributed by atoms with Gasteiger partial charge in [0.15, 0.2) is 11.7 Å². The van der Waals surface area contributed by atoms with E-state index in [1.54, 1.807) is 12.1 Å². The van der Waals surface area contributed by atoms with E-state index in [1.807, 2.05) is 36.6 Å². The van der Waals surface area contributed by atoms with Gasteiger partial charge in [-0.2, -0.15) is 4.98 Å². The van der Waals surface area contributed by atoms with Crippen LogP contribution in [0.15, 0.2) is 50.8 Å². The highest BCUT2D eigenvalue weighted by atomic mass is 79.9. The summed E-state index contributed by atoms with van der Waals surface area (Å²) in [5.74, 6) is 1.23. The Bertz CT molecular complexity index is 1090. The number of halogens is 1. The van der Waals surface area contributed by atoms with Crippen LogP contribution in [0.5, 0.6) is 5.75 Å². The lowest BCUT2D eigenvalue weighted by atomic mass is 10.3. The third-order valence-corrected chi connectivity index (χ3v) is 6.04. The highest BCUT2D eigenvalue weighted by molar-refractivity contribution is 9.10. The van der Waals surface area contributed by atoms with Gasteiger partial charge in [-0.1, -0.05) is 38.5 Å². The van der Waals surface area contributed by atoms with Gasteiger partial charge in [0.2, 0.25) is 5.82 Å². The van der Waals surface area contributed by atoms with Crippen molar-refractivity contribution in [1.82, 2.24) is 15.1 Å². The van der Waals surface area contributed by atoms with Crippen molar-refractivity contribution in [3.8, 4) is 27.2 Å². The average Bonchev–Trinajstić information content (AvgIpc) is 3.41. The van der Waals surface area contributed by atoms with Crippen molar-refractivity contribution in [3.05, 3.63) is 51.9 Å². The van der Waals surface area contributed by atoms with E-state index in [0.717, 1.165) is 14.2 Å². The Labute approximate surface area is 176 Å². The number of thiazole rings is 1. The number of benzene rings is 1. The monoisotopic (exact) mass is 476 g/mol. The highest BCUT2D eigenvalue weighted by Crippen LogP contribution is 2.33. The van der Waals surface area contributed by atoms with Gasteiger partial charge >= 0.3 is 0 Å². The topological polar surface area (TPSA) is 90.1 Å². The Morgan fingerprint density at radius 3 is 2.82 bits per heavy atom. The molecular weight excluding hydrogens is 464 g/mol. The molecule has 0 radical (unpaired) electrons. The fourth-order valence-electron chi connectivity index (χ4n) is 2.30. The number of rotatable bonds is 6. The Morgan fingerprint density at radius 2 is 2.07 bits per heavy atom. The molecule has 0 bridgehead atoms. The number of ether oxygens (including phenoxy) is 1. The van der Waals surface area contributed by atoms with Gasteiger partial charge in [0.05, 0.1) is 10.6 Å². The zero-order valence-corrected chi connectivity index (χ0v) is 17.7. The van der Waals surface area contributed by atoms with Crippen LogP contribution in [-0.2, 0) is 4.79 Å². The summed E-state index contributed by atoms with van der Waals surface area (Å²) >= 11 is 6.17. The Balaban J connectivity index is 1.41. The van der Waals surface area contributed by atoms with E-state index in [9.17, 15) is 4.79 Å². The smallest absolute Gasteiger partial charge is 0.270 e. The van der Waals surface area contributed by atoms with Crippen LogP contribution in [0.2, 0.25) is 0 Å². The summed E-state index contributed by atoms with van der Waals surface area (Å²) in [5, 5.41) is 9.15. The molecule has 0 spiro atoms. The van der Waals surface area contributed by atoms with Gasteiger partial charge in [0.25, 0.3) is 11.8 Å². The number of aryl methyl sites for hydroxylation is 1. The molecule has 1 aromatic carbocycles. The van der Waals surface area contributed by atoms with E-state index >= 15 is 0 Å². The quantitative estimate of drug-likeness (QED) is 0.420. The third kappa shape index (κ3) is 4.29. The van der Waals surface area contributed by atoms with Crippen molar-refractivity contribution in [2.45, 2.75) is 6.92 Å². The van der Waals surface area contributed by atoms with E-state index in [4.69, 9.17) is 9.26 Å². The molecule has 1 amide bonds. The van der Waals surface area contributed by atoms with Gasteiger partial charge < -0.3 is 9.26 Å². The molecule has 0 saturated heterocycles.